The summed E-state index contributed by atoms with van der Waals surface area (Å²) in [4.78, 5) is 3.78. The molecule has 0 bridgehead atoms. The Morgan fingerprint density at radius 1 is 0.625 bits per heavy atom. The number of rotatable bonds is 0. The summed E-state index contributed by atoms with van der Waals surface area (Å²) >= 11 is 0. The van der Waals surface area contributed by atoms with Crippen molar-refractivity contribution in [3.63, 3.8) is 0 Å². The molecule has 0 N–H and O–H groups in total. The zero-order valence-corrected chi connectivity index (χ0v) is 12.9. The second-order valence-corrected chi connectivity index (χ2v) is 2.76. The van der Waals surface area contributed by atoms with Crippen LogP contribution in [0.25, 0.3) is 0 Å². The summed E-state index contributed by atoms with van der Waals surface area (Å²) in [6.45, 7) is 18.5. The van der Waals surface area contributed by atoms with E-state index in [-0.39, 0.29) is 0 Å². The molecule has 0 amide bonds. The lowest BCUT2D eigenvalue weighted by Crippen LogP contribution is -1.66. The molecule has 16 heavy (non-hydrogen) atoms. The molecule has 0 aromatic carbocycles. The van der Waals surface area contributed by atoms with Gasteiger partial charge in [0, 0.05) is 12.4 Å². The van der Waals surface area contributed by atoms with Crippen LogP contribution >= 0.6 is 0 Å². The Bertz CT molecular complexity index is 106. The molecule has 0 saturated carbocycles. The van der Waals surface area contributed by atoms with E-state index in [1.807, 2.05) is 59.7 Å². The Morgan fingerprint density at radius 2 is 0.875 bits per heavy atom. The fourth-order valence-electron chi connectivity index (χ4n) is 0.313. The van der Waals surface area contributed by atoms with Crippen LogP contribution in [0.2, 0.25) is 0 Å². The van der Waals surface area contributed by atoms with Crippen LogP contribution in [0.1, 0.15) is 62.3 Å². The quantitative estimate of drug-likeness (QED) is 0.544. The summed E-state index contributed by atoms with van der Waals surface area (Å²) in [5.41, 5.74) is 0. The normalized spacial score (nSPS) is 6.38. The summed E-state index contributed by atoms with van der Waals surface area (Å²) in [6.07, 6.45) is 3.50. The third-order valence-corrected chi connectivity index (χ3v) is 0.566. The van der Waals surface area contributed by atoms with E-state index in [4.69, 9.17) is 0 Å². The minimum Gasteiger partial charge on any atom is -0.265 e. The van der Waals surface area contributed by atoms with E-state index in [0.29, 0.717) is 0 Å². The molecule has 1 heterocycles. The molecule has 0 aliphatic carbocycles. The third kappa shape index (κ3) is 73.2. The highest BCUT2D eigenvalue weighted by molar-refractivity contribution is 4.88. The zero-order valence-electron chi connectivity index (χ0n) is 12.9. The van der Waals surface area contributed by atoms with Crippen LogP contribution in [0.15, 0.2) is 30.6 Å². The lowest BCUT2D eigenvalue weighted by Gasteiger charge is -1.79. The summed E-state index contributed by atoms with van der Waals surface area (Å²) in [7, 11) is 0. The minimum atomic E-state index is 0.833. The van der Waals surface area contributed by atoms with Crippen LogP contribution in [0, 0.1) is 5.92 Å². The van der Waals surface area contributed by atoms with Crippen molar-refractivity contribution in [1.82, 2.24) is 4.98 Å². The average molecular weight is 227 g/mol. The molecule has 0 aliphatic heterocycles. The van der Waals surface area contributed by atoms with E-state index in [2.05, 4.69) is 25.8 Å². The van der Waals surface area contributed by atoms with Gasteiger partial charge in [-0.2, -0.15) is 0 Å². The fourth-order valence-corrected chi connectivity index (χ4v) is 0.313. The standard InChI is InChI=1S/C5H5N.C4H10.3C2H6/c1-2-4-6-5-3-1;1-4(2)3;3*1-2/h1-5H;4H,1-3H3;3*1-2H3. The topological polar surface area (TPSA) is 12.9 Å². The van der Waals surface area contributed by atoms with Gasteiger partial charge in [0.2, 0.25) is 0 Å². The molecule has 0 spiro atoms. The van der Waals surface area contributed by atoms with Gasteiger partial charge in [-0.25, -0.2) is 0 Å². The highest BCUT2D eigenvalue weighted by atomic mass is 14.6. The number of nitrogens with zero attached hydrogens (tertiary/aromatic N) is 1. The minimum absolute atomic E-state index is 0.833. The summed E-state index contributed by atoms with van der Waals surface area (Å²) < 4.78 is 0. The maximum Gasteiger partial charge on any atom is 0.0267 e. The van der Waals surface area contributed by atoms with Gasteiger partial charge >= 0.3 is 0 Å². The van der Waals surface area contributed by atoms with E-state index in [1.54, 1.807) is 12.4 Å². The summed E-state index contributed by atoms with van der Waals surface area (Å²) in [5, 5.41) is 0. The van der Waals surface area contributed by atoms with Crippen LogP contribution in [-0.2, 0) is 0 Å². The van der Waals surface area contributed by atoms with Gasteiger partial charge in [-0.1, -0.05) is 68.4 Å². The van der Waals surface area contributed by atoms with E-state index in [0.717, 1.165) is 5.92 Å². The number of hydrogen-bond acceptors (Lipinski definition) is 1. The van der Waals surface area contributed by atoms with Gasteiger partial charge in [-0.05, 0) is 18.1 Å². The molecule has 1 rings (SSSR count). The summed E-state index contributed by atoms with van der Waals surface area (Å²) in [6, 6.07) is 5.72. The molecule has 0 unspecified atom stereocenters. The van der Waals surface area contributed by atoms with Crippen LogP contribution in [-0.4, -0.2) is 4.98 Å². The molecule has 1 aromatic heterocycles. The van der Waals surface area contributed by atoms with Crippen LogP contribution in [0.5, 0.6) is 0 Å². The second kappa shape index (κ2) is 36.8. The van der Waals surface area contributed by atoms with Gasteiger partial charge in [-0.3, -0.25) is 4.98 Å². The Kier molecular flexibility index (Phi) is 56.2. The Hall–Kier alpha value is -0.850. The molecule has 0 fully saturated rings. The zero-order chi connectivity index (χ0) is 13.8. The first-order valence-corrected chi connectivity index (χ1v) is 6.58. The molecule has 0 aliphatic rings. The predicted octanol–water partition coefficient (Wildman–Crippen LogP) is 5.82. The monoisotopic (exact) mass is 227 g/mol. The van der Waals surface area contributed by atoms with E-state index in [1.165, 1.54) is 0 Å². The Labute approximate surface area is 104 Å². The molecule has 0 radical (unpaired) electrons. The number of pyridine rings is 1. The van der Waals surface area contributed by atoms with Gasteiger partial charge in [0.15, 0.2) is 0 Å². The molecule has 1 nitrogen and oxygen atoms in total. The van der Waals surface area contributed by atoms with Gasteiger partial charge in [0.05, 0.1) is 0 Å². The fraction of sp³-hybridized carbons (Fsp3) is 0.667. The third-order valence-electron chi connectivity index (χ3n) is 0.566. The molecule has 1 heteroatoms. The lowest BCUT2D eigenvalue weighted by atomic mass is 10.3. The van der Waals surface area contributed by atoms with Gasteiger partial charge < -0.3 is 0 Å². The summed E-state index contributed by atoms with van der Waals surface area (Å²) in [5.74, 6) is 0.833. The van der Waals surface area contributed by atoms with Crippen molar-refractivity contribution in [1.29, 1.82) is 0 Å². The van der Waals surface area contributed by atoms with Crippen molar-refractivity contribution in [3.8, 4) is 0 Å². The molecular formula is C15H33N. The van der Waals surface area contributed by atoms with Crippen molar-refractivity contribution in [2.45, 2.75) is 62.3 Å². The predicted molar refractivity (Wildman–Crippen MR) is 78.8 cm³/mol. The van der Waals surface area contributed by atoms with Crippen molar-refractivity contribution in [2.75, 3.05) is 0 Å². The van der Waals surface area contributed by atoms with Gasteiger partial charge in [0.25, 0.3) is 0 Å². The van der Waals surface area contributed by atoms with Gasteiger partial charge in [-0.15, -0.1) is 0 Å². The van der Waals surface area contributed by atoms with E-state index < -0.39 is 0 Å². The smallest absolute Gasteiger partial charge is 0.0267 e. The van der Waals surface area contributed by atoms with Crippen LogP contribution < -0.4 is 0 Å². The lowest BCUT2D eigenvalue weighted by molar-refractivity contribution is 0.737. The Balaban J connectivity index is -0.0000000639. The first-order chi connectivity index (χ1) is 7.73. The molecule has 0 atom stereocenters. The average Bonchev–Trinajstić information content (AvgIpc) is 2.38. The molecule has 98 valence electrons. The van der Waals surface area contributed by atoms with E-state index >= 15 is 0 Å². The first-order valence-electron chi connectivity index (χ1n) is 6.58. The van der Waals surface area contributed by atoms with E-state index in [9.17, 15) is 0 Å². The van der Waals surface area contributed by atoms with Crippen molar-refractivity contribution in [3.05, 3.63) is 30.6 Å². The highest BCUT2D eigenvalue weighted by Crippen LogP contribution is 1.81. The van der Waals surface area contributed by atoms with Crippen LogP contribution in [0.3, 0.4) is 0 Å². The largest absolute Gasteiger partial charge is 0.265 e. The molecular weight excluding hydrogens is 194 g/mol. The number of hydrogen-bond donors (Lipinski definition) is 0. The second-order valence-electron chi connectivity index (χ2n) is 2.76. The highest BCUT2D eigenvalue weighted by Gasteiger charge is 1.68. The van der Waals surface area contributed by atoms with Gasteiger partial charge in [0.1, 0.15) is 0 Å². The van der Waals surface area contributed by atoms with Crippen LogP contribution in [0.4, 0.5) is 0 Å². The first kappa shape index (κ1) is 24.4. The molecule has 0 saturated heterocycles. The maximum absolute atomic E-state index is 3.78. The molecule has 1 aromatic rings. The number of aromatic nitrogens is 1. The van der Waals surface area contributed by atoms with Crippen molar-refractivity contribution >= 4 is 0 Å². The van der Waals surface area contributed by atoms with Crippen molar-refractivity contribution < 1.29 is 0 Å². The maximum atomic E-state index is 3.78. The Morgan fingerprint density at radius 3 is 0.938 bits per heavy atom. The van der Waals surface area contributed by atoms with Crippen molar-refractivity contribution in [2.24, 2.45) is 5.92 Å². The SMILES string of the molecule is CC.CC.CC.CC(C)C.c1ccncc1.